The van der Waals surface area contributed by atoms with Crippen molar-refractivity contribution in [3.8, 4) is 5.75 Å². The summed E-state index contributed by atoms with van der Waals surface area (Å²) in [5, 5.41) is 10.2. The molecule has 0 atom stereocenters. The number of pyridine rings is 1. The number of hydrogen-bond acceptors (Lipinski definition) is 3. The first-order valence-electron chi connectivity index (χ1n) is 6.31. The van der Waals surface area contributed by atoms with Crippen molar-refractivity contribution in [2.75, 3.05) is 0 Å². The fourth-order valence-corrected chi connectivity index (χ4v) is 2.69. The second kappa shape index (κ2) is 5.93. The minimum atomic E-state index is -0.194. The smallest absolute Gasteiger partial charge is 0.144 e. The molecule has 1 aromatic carbocycles. The van der Waals surface area contributed by atoms with Crippen LogP contribution in [-0.4, -0.2) is 14.5 Å². The van der Waals surface area contributed by atoms with Crippen molar-refractivity contribution in [3.05, 3.63) is 64.0 Å². The van der Waals surface area contributed by atoms with Crippen LogP contribution in [0.2, 0.25) is 10.0 Å². The van der Waals surface area contributed by atoms with E-state index in [1.807, 2.05) is 35.0 Å². The van der Waals surface area contributed by atoms with Gasteiger partial charge in [0.05, 0.1) is 17.3 Å². The van der Waals surface area contributed by atoms with Crippen LogP contribution in [-0.2, 0) is 13.2 Å². The number of nitrogens with zero attached hydrogens (tertiary/aromatic N) is 2. The van der Waals surface area contributed by atoms with E-state index in [0.29, 0.717) is 21.4 Å². The van der Waals surface area contributed by atoms with Crippen molar-refractivity contribution in [2.24, 2.45) is 0 Å². The first-order valence-corrected chi connectivity index (χ1v) is 7.07. The molecule has 0 aliphatic rings. The van der Waals surface area contributed by atoms with Crippen LogP contribution in [0.1, 0.15) is 11.3 Å². The third kappa shape index (κ3) is 2.97. The lowest BCUT2D eigenvalue weighted by atomic mass is 10.2. The van der Waals surface area contributed by atoms with Crippen LogP contribution in [0.4, 0.5) is 0 Å². The van der Waals surface area contributed by atoms with E-state index in [2.05, 4.69) is 4.98 Å². The molecule has 0 fully saturated rings. The zero-order valence-electron chi connectivity index (χ0n) is 11.0. The average molecular weight is 323 g/mol. The van der Waals surface area contributed by atoms with Gasteiger partial charge in [-0.2, -0.15) is 0 Å². The lowest BCUT2D eigenvalue weighted by Gasteiger charge is -2.11. The molecule has 0 amide bonds. The molecule has 4 nitrogen and oxygen atoms in total. The van der Waals surface area contributed by atoms with Gasteiger partial charge in [-0.25, -0.2) is 4.98 Å². The molecule has 3 aromatic rings. The highest BCUT2D eigenvalue weighted by Crippen LogP contribution is 2.33. The van der Waals surface area contributed by atoms with Crippen molar-refractivity contribution in [2.45, 2.75) is 13.2 Å². The molecule has 2 aromatic heterocycles. The van der Waals surface area contributed by atoms with Crippen LogP contribution in [0, 0.1) is 0 Å². The van der Waals surface area contributed by atoms with Gasteiger partial charge in [-0.05, 0) is 24.3 Å². The number of ether oxygens (including phenoxy) is 1. The van der Waals surface area contributed by atoms with Crippen LogP contribution in [0.25, 0.3) is 5.65 Å². The predicted octanol–water partition coefficient (Wildman–Crippen LogP) is 3.71. The monoisotopic (exact) mass is 322 g/mol. The number of halogens is 2. The van der Waals surface area contributed by atoms with Gasteiger partial charge in [0.2, 0.25) is 0 Å². The average Bonchev–Trinajstić information content (AvgIpc) is 2.88. The van der Waals surface area contributed by atoms with Crippen molar-refractivity contribution in [1.29, 1.82) is 0 Å². The van der Waals surface area contributed by atoms with Gasteiger partial charge >= 0.3 is 0 Å². The van der Waals surface area contributed by atoms with Crippen LogP contribution in [0.5, 0.6) is 5.75 Å². The first kappa shape index (κ1) is 14.2. The summed E-state index contributed by atoms with van der Waals surface area (Å²) in [5.74, 6) is 0.431. The Morgan fingerprint density at radius 3 is 2.86 bits per heavy atom. The van der Waals surface area contributed by atoms with Crippen molar-refractivity contribution in [1.82, 2.24) is 9.38 Å². The zero-order valence-corrected chi connectivity index (χ0v) is 12.5. The lowest BCUT2D eigenvalue weighted by Crippen LogP contribution is -2.00. The van der Waals surface area contributed by atoms with Crippen molar-refractivity contribution >= 4 is 28.8 Å². The summed E-state index contributed by atoms with van der Waals surface area (Å²) >= 11 is 12.0. The molecule has 0 saturated heterocycles. The van der Waals surface area contributed by atoms with Gasteiger partial charge in [0.15, 0.2) is 0 Å². The SMILES string of the molecule is OCc1cc(Cl)cc(Cl)c1OCc1cn2ccccc2n1. The first-order chi connectivity index (χ1) is 10.2. The van der Waals surface area contributed by atoms with Crippen molar-refractivity contribution in [3.63, 3.8) is 0 Å². The Morgan fingerprint density at radius 2 is 2.10 bits per heavy atom. The number of aliphatic hydroxyl groups is 1. The van der Waals surface area contributed by atoms with Gasteiger partial charge < -0.3 is 14.2 Å². The molecule has 0 radical (unpaired) electrons. The van der Waals surface area contributed by atoms with Gasteiger partial charge in [0.1, 0.15) is 18.0 Å². The van der Waals surface area contributed by atoms with Gasteiger partial charge in [0.25, 0.3) is 0 Å². The second-order valence-electron chi connectivity index (χ2n) is 4.52. The number of hydrogen-bond donors (Lipinski definition) is 1. The summed E-state index contributed by atoms with van der Waals surface area (Å²) < 4.78 is 7.61. The molecule has 0 aliphatic heterocycles. The number of fused-ring (bicyclic) bond motifs is 1. The molecule has 3 rings (SSSR count). The molecular weight excluding hydrogens is 311 g/mol. The largest absolute Gasteiger partial charge is 0.485 e. The summed E-state index contributed by atoms with van der Waals surface area (Å²) in [6.45, 7) is 0.0663. The number of rotatable bonds is 4. The standard InChI is InChI=1S/C15H12Cl2N2O2/c16-11-5-10(8-20)15(13(17)6-11)21-9-12-7-19-4-2-1-3-14(19)18-12/h1-7,20H,8-9H2. The van der Waals surface area contributed by atoms with E-state index in [1.54, 1.807) is 12.1 Å². The molecule has 2 heterocycles. The second-order valence-corrected chi connectivity index (χ2v) is 5.36. The highest BCUT2D eigenvalue weighted by Gasteiger charge is 2.11. The zero-order chi connectivity index (χ0) is 14.8. The quantitative estimate of drug-likeness (QED) is 0.796. The maximum atomic E-state index is 9.36. The van der Waals surface area contributed by atoms with E-state index in [1.165, 1.54) is 0 Å². The third-order valence-electron chi connectivity index (χ3n) is 3.03. The highest BCUT2D eigenvalue weighted by molar-refractivity contribution is 6.35. The van der Waals surface area contributed by atoms with Gasteiger partial charge in [0, 0.05) is 23.0 Å². The Kier molecular flexibility index (Phi) is 4.01. The number of benzene rings is 1. The summed E-state index contributed by atoms with van der Waals surface area (Å²) in [7, 11) is 0. The Bertz CT molecular complexity index is 753. The summed E-state index contributed by atoms with van der Waals surface area (Å²) in [4.78, 5) is 4.44. The fourth-order valence-electron chi connectivity index (χ4n) is 2.10. The van der Waals surface area contributed by atoms with Gasteiger partial charge in [-0.1, -0.05) is 29.3 Å². The molecule has 21 heavy (non-hydrogen) atoms. The van der Waals surface area contributed by atoms with Crippen LogP contribution in [0.15, 0.2) is 42.7 Å². The van der Waals surface area contributed by atoms with E-state index < -0.39 is 0 Å². The maximum Gasteiger partial charge on any atom is 0.144 e. The topological polar surface area (TPSA) is 46.8 Å². The number of imidazole rings is 1. The van der Waals surface area contributed by atoms with Crippen LogP contribution >= 0.6 is 23.2 Å². The van der Waals surface area contributed by atoms with Crippen molar-refractivity contribution < 1.29 is 9.84 Å². The van der Waals surface area contributed by atoms with E-state index in [0.717, 1.165) is 11.3 Å². The van der Waals surface area contributed by atoms with Gasteiger partial charge in [-0.3, -0.25) is 0 Å². The van der Waals surface area contributed by atoms with Crippen LogP contribution < -0.4 is 4.74 Å². The molecule has 0 bridgehead atoms. The Hall–Kier alpha value is -1.75. The van der Waals surface area contributed by atoms with E-state index in [4.69, 9.17) is 27.9 Å². The minimum Gasteiger partial charge on any atom is -0.485 e. The maximum absolute atomic E-state index is 9.36. The molecule has 0 unspecified atom stereocenters. The highest BCUT2D eigenvalue weighted by atomic mass is 35.5. The predicted molar refractivity (Wildman–Crippen MR) is 81.9 cm³/mol. The Labute approximate surface area is 131 Å². The molecule has 6 heteroatoms. The molecule has 1 N–H and O–H groups in total. The molecule has 0 saturated carbocycles. The van der Waals surface area contributed by atoms with E-state index >= 15 is 0 Å². The molecule has 108 valence electrons. The Morgan fingerprint density at radius 1 is 1.24 bits per heavy atom. The lowest BCUT2D eigenvalue weighted by molar-refractivity contribution is 0.258. The number of aliphatic hydroxyl groups excluding tert-OH is 1. The minimum absolute atomic E-state index is 0.194. The summed E-state index contributed by atoms with van der Waals surface area (Å²) in [6.07, 6.45) is 3.80. The van der Waals surface area contributed by atoms with Gasteiger partial charge in [-0.15, -0.1) is 0 Å². The third-order valence-corrected chi connectivity index (χ3v) is 3.53. The summed E-state index contributed by atoms with van der Waals surface area (Å²) in [5.41, 5.74) is 2.17. The van der Waals surface area contributed by atoms with Crippen LogP contribution in [0.3, 0.4) is 0 Å². The summed E-state index contributed by atoms with van der Waals surface area (Å²) in [6, 6.07) is 8.98. The molecule has 0 spiro atoms. The van der Waals surface area contributed by atoms with E-state index in [9.17, 15) is 5.11 Å². The van der Waals surface area contributed by atoms with E-state index in [-0.39, 0.29) is 13.2 Å². The normalized spacial score (nSPS) is 11.0. The Balaban J connectivity index is 1.84. The fraction of sp³-hybridized carbons (Fsp3) is 0.133. The molecular formula is C15H12Cl2N2O2. The number of aromatic nitrogens is 2. The molecule has 0 aliphatic carbocycles.